The Morgan fingerprint density at radius 3 is 2.20 bits per heavy atom. The average Bonchev–Trinajstić information content (AvgIpc) is 2.95. The molecule has 0 bridgehead atoms. The van der Waals surface area contributed by atoms with Crippen LogP contribution in [0.3, 0.4) is 0 Å². The smallest absolute Gasteiger partial charge is 0.469 e. The Balaban J connectivity index is 1.74. The second kappa shape index (κ2) is 10.2. The third-order valence-electron chi connectivity index (χ3n) is 13.3. The molecule has 4 saturated carbocycles. The van der Waals surface area contributed by atoms with E-state index in [9.17, 15) is 45.9 Å². The van der Waals surface area contributed by atoms with Crippen LogP contribution in [0.25, 0.3) is 0 Å². The summed E-state index contributed by atoms with van der Waals surface area (Å²) in [5.74, 6) is -4.85. The van der Waals surface area contributed by atoms with Crippen LogP contribution >= 0.6 is 0 Å². The van der Waals surface area contributed by atoms with Gasteiger partial charge in [0.05, 0.1) is 24.5 Å². The number of ketones is 3. The van der Waals surface area contributed by atoms with Crippen LogP contribution < -0.4 is 0 Å². The fraction of sp³-hybridized carbons (Fsp3) is 0.758. The van der Waals surface area contributed by atoms with Gasteiger partial charge in [-0.25, -0.2) is 0 Å². The SMILES string of the molecule is COC(=O)[C@]12CCC(C)(C)C[C@H]1[C@H]1C(=O)C=C3[C@@]4(C)/C(=C/OS(=O)(=O)C(F)(F)F)C(=O)C(=O)[C@](C)(CO)[C@@H]4CC[C@@]3(C)[C@]1(C)CC2. The van der Waals surface area contributed by atoms with Gasteiger partial charge < -0.3 is 14.0 Å². The first-order valence-electron chi connectivity index (χ1n) is 15.7. The average molecular weight is 673 g/mol. The van der Waals surface area contributed by atoms with Gasteiger partial charge >= 0.3 is 21.6 Å². The molecular formula is C33H43F3O9S. The first-order chi connectivity index (χ1) is 20.9. The van der Waals surface area contributed by atoms with E-state index in [-0.39, 0.29) is 35.8 Å². The monoisotopic (exact) mass is 672 g/mol. The van der Waals surface area contributed by atoms with Crippen molar-refractivity contribution in [3.63, 3.8) is 0 Å². The lowest BCUT2D eigenvalue weighted by Crippen LogP contribution is -2.67. The number of aliphatic hydroxyl groups excluding tert-OH is 1. The first-order valence-corrected chi connectivity index (χ1v) is 17.1. The quantitative estimate of drug-likeness (QED) is 0.106. The van der Waals surface area contributed by atoms with Gasteiger partial charge in [0, 0.05) is 16.9 Å². The number of ether oxygens (including phenoxy) is 1. The number of hydrogen-bond acceptors (Lipinski definition) is 9. The molecule has 9 nitrogen and oxygen atoms in total. The van der Waals surface area contributed by atoms with E-state index in [1.54, 1.807) is 0 Å². The second-order valence-electron chi connectivity index (χ2n) is 15.9. The van der Waals surface area contributed by atoms with E-state index in [0.717, 1.165) is 6.42 Å². The van der Waals surface area contributed by atoms with Crippen molar-refractivity contribution in [1.82, 2.24) is 0 Å². The summed E-state index contributed by atoms with van der Waals surface area (Å²) in [7, 11) is -4.84. The predicted octanol–water partition coefficient (Wildman–Crippen LogP) is 5.22. The molecule has 0 aliphatic heterocycles. The third kappa shape index (κ3) is 4.31. The van der Waals surface area contributed by atoms with Crippen LogP contribution in [0.2, 0.25) is 0 Å². The maximum atomic E-state index is 14.6. The van der Waals surface area contributed by atoms with E-state index in [1.165, 1.54) is 27.0 Å². The van der Waals surface area contributed by atoms with Gasteiger partial charge in [0.25, 0.3) is 0 Å². The molecule has 13 heteroatoms. The van der Waals surface area contributed by atoms with Crippen LogP contribution in [0.15, 0.2) is 23.5 Å². The van der Waals surface area contributed by atoms with Crippen molar-refractivity contribution in [2.75, 3.05) is 13.7 Å². The van der Waals surface area contributed by atoms with E-state index in [0.29, 0.717) is 37.7 Å². The van der Waals surface area contributed by atoms with E-state index in [1.807, 2.05) is 13.8 Å². The molecule has 256 valence electrons. The molecule has 0 spiro atoms. The number of fused-ring (bicyclic) bond motifs is 7. The van der Waals surface area contributed by atoms with Crippen LogP contribution in [-0.2, 0) is 38.2 Å². The Bertz CT molecular complexity index is 1580. The Kier molecular flexibility index (Phi) is 7.74. The lowest BCUT2D eigenvalue weighted by Gasteiger charge is -2.69. The number of Topliss-reactive ketones (excluding diaryl/α,β-unsaturated/α-hetero) is 2. The Morgan fingerprint density at radius 1 is 1.02 bits per heavy atom. The molecule has 5 aliphatic rings. The number of allylic oxidation sites excluding steroid dienone is 3. The molecule has 1 N–H and O–H groups in total. The zero-order chi connectivity index (χ0) is 34.7. The maximum Gasteiger partial charge on any atom is 0.534 e. The van der Waals surface area contributed by atoms with E-state index in [4.69, 9.17) is 4.74 Å². The van der Waals surface area contributed by atoms with Crippen molar-refractivity contribution in [2.24, 2.45) is 50.2 Å². The normalized spacial score (nSPS) is 43.1. The predicted molar refractivity (Wildman–Crippen MR) is 158 cm³/mol. The molecule has 5 rings (SSSR count). The van der Waals surface area contributed by atoms with Gasteiger partial charge in [0.15, 0.2) is 5.78 Å². The van der Waals surface area contributed by atoms with Gasteiger partial charge in [-0.1, -0.05) is 34.6 Å². The molecular weight excluding hydrogens is 629 g/mol. The van der Waals surface area contributed by atoms with E-state index in [2.05, 4.69) is 18.0 Å². The molecule has 0 aromatic rings. The van der Waals surface area contributed by atoms with E-state index >= 15 is 0 Å². The number of methoxy groups -OCH3 is 1. The molecule has 8 atom stereocenters. The number of aliphatic hydroxyl groups is 1. The molecule has 46 heavy (non-hydrogen) atoms. The molecule has 0 radical (unpaired) electrons. The van der Waals surface area contributed by atoms with Crippen LogP contribution in [-0.4, -0.2) is 56.1 Å². The van der Waals surface area contributed by atoms with Crippen LogP contribution in [0.1, 0.15) is 86.5 Å². The molecule has 0 heterocycles. The molecule has 5 aliphatic carbocycles. The largest absolute Gasteiger partial charge is 0.534 e. The fourth-order valence-corrected chi connectivity index (χ4v) is 10.8. The summed E-state index contributed by atoms with van der Waals surface area (Å²) >= 11 is 0. The molecule has 4 fully saturated rings. The van der Waals surface area contributed by atoms with Crippen molar-refractivity contribution >= 4 is 33.4 Å². The van der Waals surface area contributed by atoms with Crippen molar-refractivity contribution < 1.29 is 54.8 Å². The number of halogens is 3. The summed E-state index contributed by atoms with van der Waals surface area (Å²) < 4.78 is 73.3. The maximum absolute atomic E-state index is 14.6. The van der Waals surface area contributed by atoms with E-state index < -0.39 is 78.3 Å². The second-order valence-corrected chi connectivity index (χ2v) is 17.4. The highest BCUT2D eigenvalue weighted by Gasteiger charge is 2.73. The van der Waals surface area contributed by atoms with Crippen LogP contribution in [0, 0.1) is 50.2 Å². The number of esters is 1. The zero-order valence-electron chi connectivity index (χ0n) is 27.3. The first kappa shape index (κ1) is 34.8. The number of alkyl halides is 3. The van der Waals surface area contributed by atoms with Crippen LogP contribution in [0.5, 0.6) is 0 Å². The molecule has 0 amide bonds. The summed E-state index contributed by atoms with van der Waals surface area (Å²) in [5.41, 5.74) is -12.0. The zero-order valence-corrected chi connectivity index (χ0v) is 28.1. The van der Waals surface area contributed by atoms with Gasteiger partial charge in [-0.15, -0.1) is 0 Å². The molecule has 0 unspecified atom stereocenters. The van der Waals surface area contributed by atoms with Gasteiger partial charge in [-0.2, -0.15) is 21.6 Å². The van der Waals surface area contributed by atoms with Gasteiger partial charge in [0.1, 0.15) is 6.26 Å². The van der Waals surface area contributed by atoms with Crippen molar-refractivity contribution in [2.45, 2.75) is 92.0 Å². The number of rotatable bonds is 4. The number of carbonyl (C=O) groups is 4. The summed E-state index contributed by atoms with van der Waals surface area (Å²) in [6, 6.07) is 0. The highest BCUT2D eigenvalue weighted by Crippen LogP contribution is 2.75. The molecule has 0 aromatic carbocycles. The minimum absolute atomic E-state index is 0.161. The lowest BCUT2D eigenvalue weighted by molar-refractivity contribution is -0.192. The molecule has 0 saturated heterocycles. The Hall–Kier alpha value is -2.54. The number of carbonyl (C=O) groups excluding carboxylic acids is 4. The summed E-state index contributed by atoms with van der Waals surface area (Å²) in [4.78, 5) is 55.2. The van der Waals surface area contributed by atoms with Crippen molar-refractivity contribution in [1.29, 1.82) is 0 Å². The Labute approximate surface area is 267 Å². The van der Waals surface area contributed by atoms with Gasteiger partial charge in [-0.05, 0) is 91.6 Å². The minimum atomic E-state index is -6.18. The van der Waals surface area contributed by atoms with Crippen molar-refractivity contribution in [3.8, 4) is 0 Å². The topological polar surface area (TPSA) is 141 Å². The van der Waals surface area contributed by atoms with Crippen LogP contribution in [0.4, 0.5) is 13.2 Å². The number of hydrogen-bond donors (Lipinski definition) is 1. The Morgan fingerprint density at radius 2 is 1.63 bits per heavy atom. The summed E-state index contributed by atoms with van der Waals surface area (Å²) in [6.45, 7) is 10.3. The highest BCUT2D eigenvalue weighted by atomic mass is 32.2. The summed E-state index contributed by atoms with van der Waals surface area (Å²) in [5, 5.41) is 10.5. The standard InChI is InChI=1S/C33H43F3O9S/c1-27(2)10-12-32(26(41)44-7)13-11-30(5)23(18(32)15-27)20(38)14-22-29(30,4)9-8-21-28(3,17-37)25(40)24(39)19(31(21,22)6)16-45-46(42,43)33(34,35)36/h14,16,18,21,23,37H,8-13,15,17H2,1-7H3/b19-16+/t18-,21-,23-,28+,29+,30+,31-,32-/m0/s1. The van der Waals surface area contributed by atoms with Gasteiger partial charge in [-0.3, -0.25) is 19.2 Å². The van der Waals surface area contributed by atoms with Crippen molar-refractivity contribution in [3.05, 3.63) is 23.5 Å². The van der Waals surface area contributed by atoms with Gasteiger partial charge in [0.2, 0.25) is 11.6 Å². The fourth-order valence-electron chi connectivity index (χ4n) is 10.5. The third-order valence-corrected chi connectivity index (χ3v) is 14.3. The highest BCUT2D eigenvalue weighted by molar-refractivity contribution is 7.87. The molecule has 0 aromatic heterocycles. The summed E-state index contributed by atoms with van der Waals surface area (Å²) in [6.07, 6.45) is 5.08. The minimum Gasteiger partial charge on any atom is -0.469 e. The lowest BCUT2D eigenvalue weighted by atomic mass is 9.33.